The molecule has 3 N–H and O–H groups in total. The number of fused-ring (bicyclic) bond motifs is 2. The monoisotopic (exact) mass is 595 g/mol. The Morgan fingerprint density at radius 2 is 1.88 bits per heavy atom. The second kappa shape index (κ2) is 11.3. The zero-order valence-corrected chi connectivity index (χ0v) is 24.4. The number of aliphatic hydroxyl groups is 1. The summed E-state index contributed by atoms with van der Waals surface area (Å²) < 4.78 is 22.0. The molecule has 0 aromatic heterocycles. The van der Waals surface area contributed by atoms with Gasteiger partial charge < -0.3 is 39.6 Å². The van der Waals surface area contributed by atoms with Crippen molar-refractivity contribution >= 4 is 40.3 Å². The maximum Gasteiger partial charge on any atom is 0.339 e. The molecule has 0 bridgehead atoms. The van der Waals surface area contributed by atoms with Crippen molar-refractivity contribution in [2.45, 2.75) is 57.6 Å². The topological polar surface area (TPSA) is 173 Å². The fraction of sp³-hybridized carbons (Fsp3) is 0.433. The lowest BCUT2D eigenvalue weighted by Crippen LogP contribution is -2.49. The van der Waals surface area contributed by atoms with E-state index < -0.39 is 53.7 Å². The number of rotatable bonds is 10. The van der Waals surface area contributed by atoms with Gasteiger partial charge in [0.15, 0.2) is 6.10 Å². The van der Waals surface area contributed by atoms with Gasteiger partial charge in [-0.25, -0.2) is 4.79 Å². The highest BCUT2D eigenvalue weighted by Gasteiger charge is 2.59. The summed E-state index contributed by atoms with van der Waals surface area (Å²) in [5.41, 5.74) is -0.395. The fourth-order valence-electron chi connectivity index (χ4n) is 5.25. The van der Waals surface area contributed by atoms with E-state index in [-0.39, 0.29) is 35.9 Å². The van der Waals surface area contributed by atoms with Crippen molar-refractivity contribution in [3.8, 4) is 5.75 Å². The smallest absolute Gasteiger partial charge is 0.339 e. The highest BCUT2D eigenvalue weighted by atomic mass is 16.6. The van der Waals surface area contributed by atoms with E-state index in [4.69, 9.17) is 18.9 Å². The molecule has 0 spiro atoms. The molecule has 13 heteroatoms. The number of carbonyl (C=O) groups excluding carboxylic acids is 5. The second-order valence-corrected chi connectivity index (χ2v) is 11.1. The zero-order chi connectivity index (χ0) is 31.2. The van der Waals surface area contributed by atoms with Crippen LogP contribution in [0.1, 0.15) is 36.7 Å². The number of ketones is 1. The van der Waals surface area contributed by atoms with Crippen molar-refractivity contribution in [1.82, 2.24) is 15.5 Å². The van der Waals surface area contributed by atoms with E-state index in [1.807, 2.05) is 13.0 Å². The number of aliphatic hydroxyl groups excluding tert-OH is 1. The third kappa shape index (κ3) is 5.90. The van der Waals surface area contributed by atoms with Gasteiger partial charge in [0.05, 0.1) is 37.6 Å². The fourth-order valence-corrected chi connectivity index (χ4v) is 5.25. The Kier molecular flexibility index (Phi) is 7.88. The lowest BCUT2D eigenvalue weighted by atomic mass is 9.99. The molecule has 0 aliphatic carbocycles. The molecule has 3 heterocycles. The Morgan fingerprint density at radius 1 is 1.16 bits per heavy atom. The predicted molar refractivity (Wildman–Crippen MR) is 150 cm³/mol. The number of epoxide rings is 1. The standard InChI is InChI=1S/C30H33N3O10/c1-14-7-6-8-18-19(14)9-17(40-5)10-20(18)29(39)43-26(30(4)13-41-30)28(38)32-22(27(37)31-11-15(2)34)23-25(42-16(3)35)24(36)21-12-33(21)23/h6-10,21,24-26,36H,11-13H2,1-5H3,(H,31,37)(H,32,38)/b23-22+/t21-,24+,25+,26-,30+,33?/m0/s1. The average Bonchev–Trinajstić information content (AvgIpc) is 3.88. The number of ether oxygens (including phenoxy) is 4. The molecule has 3 saturated heterocycles. The molecule has 5 rings (SSSR count). The Hall–Kier alpha value is -4.49. The normalized spacial score (nSPS) is 25.3. The number of nitrogens with one attached hydrogen (secondary N) is 2. The third-order valence-corrected chi connectivity index (χ3v) is 7.72. The first-order chi connectivity index (χ1) is 20.3. The summed E-state index contributed by atoms with van der Waals surface area (Å²) in [6.07, 6.45) is -3.89. The number of hydrogen-bond acceptors (Lipinski definition) is 11. The van der Waals surface area contributed by atoms with Crippen LogP contribution in [0, 0.1) is 6.92 Å². The molecule has 0 unspecified atom stereocenters. The van der Waals surface area contributed by atoms with E-state index in [0.29, 0.717) is 17.7 Å². The van der Waals surface area contributed by atoms with Crippen LogP contribution in [0.4, 0.5) is 0 Å². The summed E-state index contributed by atoms with van der Waals surface area (Å²) in [6.45, 7) is 6.03. The van der Waals surface area contributed by atoms with E-state index >= 15 is 0 Å². The van der Waals surface area contributed by atoms with Gasteiger partial charge in [0, 0.05) is 13.5 Å². The maximum atomic E-state index is 13.8. The number of amides is 2. The van der Waals surface area contributed by atoms with E-state index in [1.165, 1.54) is 20.1 Å². The van der Waals surface area contributed by atoms with Gasteiger partial charge in [0.1, 0.15) is 28.9 Å². The van der Waals surface area contributed by atoms with Gasteiger partial charge in [-0.1, -0.05) is 18.2 Å². The van der Waals surface area contributed by atoms with Crippen molar-refractivity contribution in [3.63, 3.8) is 0 Å². The van der Waals surface area contributed by atoms with Crippen LogP contribution in [-0.4, -0.2) is 96.3 Å². The predicted octanol–water partition coefficient (Wildman–Crippen LogP) is 0.495. The molecule has 228 valence electrons. The summed E-state index contributed by atoms with van der Waals surface area (Å²) in [5.74, 6) is -3.19. The molecule has 13 nitrogen and oxygen atoms in total. The van der Waals surface area contributed by atoms with Gasteiger partial charge in [-0.15, -0.1) is 0 Å². The molecular weight excluding hydrogens is 562 g/mol. The summed E-state index contributed by atoms with van der Waals surface area (Å²) in [5, 5.41) is 17.0. The van der Waals surface area contributed by atoms with Gasteiger partial charge in [0.2, 0.25) is 6.10 Å². The molecule has 2 aromatic carbocycles. The van der Waals surface area contributed by atoms with E-state index in [0.717, 1.165) is 17.9 Å². The number of piperidine rings is 1. The quantitative estimate of drug-likeness (QED) is 0.198. The van der Waals surface area contributed by atoms with Gasteiger partial charge in [0.25, 0.3) is 11.8 Å². The summed E-state index contributed by atoms with van der Waals surface area (Å²) in [4.78, 5) is 65.8. The number of Topliss-reactive ketones (excluding diaryl/α,β-unsaturated/α-hetero) is 1. The molecule has 3 aliphatic rings. The van der Waals surface area contributed by atoms with Crippen LogP contribution in [0.25, 0.3) is 10.8 Å². The first-order valence-electron chi connectivity index (χ1n) is 13.7. The Labute approximate surface area is 247 Å². The van der Waals surface area contributed by atoms with Gasteiger partial charge in [-0.05, 0) is 49.2 Å². The minimum absolute atomic E-state index is 0.0725. The van der Waals surface area contributed by atoms with Crippen molar-refractivity contribution in [2.75, 3.05) is 26.8 Å². The van der Waals surface area contributed by atoms with Crippen LogP contribution < -0.4 is 15.4 Å². The highest BCUT2D eigenvalue weighted by molar-refractivity contribution is 6.07. The molecule has 2 aromatic rings. The number of hydrogen-bond donors (Lipinski definition) is 3. The van der Waals surface area contributed by atoms with E-state index in [9.17, 15) is 29.1 Å². The first kappa shape index (κ1) is 30.0. The van der Waals surface area contributed by atoms with E-state index in [1.54, 1.807) is 30.0 Å². The van der Waals surface area contributed by atoms with Gasteiger partial charge in [-0.2, -0.15) is 0 Å². The summed E-state index contributed by atoms with van der Waals surface area (Å²) >= 11 is 0. The Bertz CT molecular complexity index is 1560. The minimum atomic E-state index is -1.51. The largest absolute Gasteiger partial charge is 0.497 e. The number of benzene rings is 2. The molecule has 3 fully saturated rings. The lowest BCUT2D eigenvalue weighted by Gasteiger charge is -2.25. The molecular formula is C30H33N3O10. The van der Waals surface area contributed by atoms with Gasteiger partial charge in [-0.3, -0.25) is 19.2 Å². The van der Waals surface area contributed by atoms with Crippen LogP contribution in [-0.2, 0) is 33.4 Å². The SMILES string of the molecule is COc1cc(C(=O)O[C@@H](C(=O)N/C(C(=O)NCC(C)=O)=C2\[C@@H](OC(C)=O)[C@H](O)[C@@H]3CN23)[C@@]2(C)CO2)c2cccc(C)c2c1. The molecule has 5 atom stereocenters. The van der Waals surface area contributed by atoms with Crippen LogP contribution in [0.2, 0.25) is 0 Å². The van der Waals surface area contributed by atoms with Crippen molar-refractivity contribution in [2.24, 2.45) is 0 Å². The van der Waals surface area contributed by atoms with Crippen molar-refractivity contribution in [1.29, 1.82) is 0 Å². The lowest BCUT2D eigenvalue weighted by molar-refractivity contribution is -0.148. The number of aryl methyl sites for hydroxylation is 1. The second-order valence-electron chi connectivity index (χ2n) is 11.1. The summed E-state index contributed by atoms with van der Waals surface area (Å²) in [6, 6.07) is 8.33. The van der Waals surface area contributed by atoms with Crippen molar-refractivity contribution < 1.29 is 48.0 Å². The minimum Gasteiger partial charge on any atom is -0.497 e. The summed E-state index contributed by atoms with van der Waals surface area (Å²) in [7, 11) is 1.47. The molecule has 0 saturated carbocycles. The zero-order valence-electron chi connectivity index (χ0n) is 24.4. The number of carbonyl (C=O) groups is 5. The van der Waals surface area contributed by atoms with Gasteiger partial charge >= 0.3 is 11.9 Å². The Morgan fingerprint density at radius 3 is 2.51 bits per heavy atom. The average molecular weight is 596 g/mol. The van der Waals surface area contributed by atoms with Crippen LogP contribution >= 0.6 is 0 Å². The molecule has 43 heavy (non-hydrogen) atoms. The first-order valence-corrected chi connectivity index (χ1v) is 13.7. The third-order valence-electron chi connectivity index (χ3n) is 7.72. The highest BCUT2D eigenvalue weighted by Crippen LogP contribution is 2.42. The number of methoxy groups -OCH3 is 1. The van der Waals surface area contributed by atoms with Crippen LogP contribution in [0.5, 0.6) is 5.75 Å². The molecule has 2 amide bonds. The van der Waals surface area contributed by atoms with E-state index in [2.05, 4.69) is 10.6 Å². The maximum absolute atomic E-state index is 13.8. The number of nitrogens with zero attached hydrogens (tertiary/aromatic N) is 1. The van der Waals surface area contributed by atoms with Crippen LogP contribution in [0.3, 0.4) is 0 Å². The number of esters is 2. The van der Waals surface area contributed by atoms with Crippen LogP contribution in [0.15, 0.2) is 41.7 Å². The van der Waals surface area contributed by atoms with Crippen molar-refractivity contribution in [3.05, 3.63) is 52.9 Å². The molecule has 0 radical (unpaired) electrons. The molecule has 3 aliphatic heterocycles. The Balaban J connectivity index is 1.49.